The van der Waals surface area contributed by atoms with Crippen LogP contribution in [0.5, 0.6) is 0 Å². The molecule has 0 unspecified atom stereocenters. The topological polar surface area (TPSA) is 41.1 Å². The molecule has 76 valence electrons. The summed E-state index contributed by atoms with van der Waals surface area (Å²) in [6.07, 6.45) is 0.320. The molecule has 0 aromatic heterocycles. The molecule has 1 aliphatic heterocycles. The fraction of sp³-hybridized carbons (Fsp3) is 0.875. The van der Waals surface area contributed by atoms with Crippen LogP contribution in [0.25, 0.3) is 0 Å². The van der Waals surface area contributed by atoms with Gasteiger partial charge in [-0.2, -0.15) is 0 Å². The molecule has 0 aromatic carbocycles. The lowest BCUT2D eigenvalue weighted by molar-refractivity contribution is -0.124. The van der Waals surface area contributed by atoms with Crippen LogP contribution < -0.4 is 10.6 Å². The number of carbonyl (C=O) groups is 1. The van der Waals surface area contributed by atoms with Gasteiger partial charge in [-0.3, -0.25) is 4.79 Å². The summed E-state index contributed by atoms with van der Waals surface area (Å²) in [5.74, 6) is -0.306. The van der Waals surface area contributed by atoms with Crippen LogP contribution in [0.3, 0.4) is 0 Å². The largest absolute Gasteiger partial charge is 0.349 e. The summed E-state index contributed by atoms with van der Waals surface area (Å²) in [5, 5.41) is 5.19. The Labute approximate surface area is 75.9 Å². The SMILES string of the molecule is O=C(NCC(F)F)[C@@H]1CCCCN1. The predicted octanol–water partition coefficient (Wildman–Crippen LogP) is 0.510. The lowest BCUT2D eigenvalue weighted by Crippen LogP contribution is -2.47. The van der Waals surface area contributed by atoms with E-state index in [4.69, 9.17) is 0 Å². The van der Waals surface area contributed by atoms with Gasteiger partial charge >= 0.3 is 0 Å². The maximum Gasteiger partial charge on any atom is 0.255 e. The van der Waals surface area contributed by atoms with Gasteiger partial charge in [-0.15, -0.1) is 0 Å². The molecule has 0 radical (unpaired) electrons. The maximum absolute atomic E-state index is 11.7. The van der Waals surface area contributed by atoms with Crippen molar-refractivity contribution in [3.63, 3.8) is 0 Å². The van der Waals surface area contributed by atoms with Crippen molar-refractivity contribution < 1.29 is 13.6 Å². The van der Waals surface area contributed by atoms with E-state index in [1.807, 2.05) is 0 Å². The first-order valence-corrected chi connectivity index (χ1v) is 4.49. The summed E-state index contributed by atoms with van der Waals surface area (Å²) in [6.45, 7) is 0.254. The van der Waals surface area contributed by atoms with Crippen molar-refractivity contribution in [3.8, 4) is 0 Å². The smallest absolute Gasteiger partial charge is 0.255 e. The molecule has 5 heteroatoms. The van der Waals surface area contributed by atoms with Gasteiger partial charge in [-0.25, -0.2) is 8.78 Å². The van der Waals surface area contributed by atoms with Crippen LogP contribution in [0.2, 0.25) is 0 Å². The molecule has 13 heavy (non-hydrogen) atoms. The minimum absolute atomic E-state index is 0.271. The third-order valence-electron chi connectivity index (χ3n) is 2.06. The van der Waals surface area contributed by atoms with E-state index in [9.17, 15) is 13.6 Å². The van der Waals surface area contributed by atoms with Crippen molar-refractivity contribution in [1.29, 1.82) is 0 Å². The van der Waals surface area contributed by atoms with Gasteiger partial charge in [0.1, 0.15) is 0 Å². The number of amides is 1. The van der Waals surface area contributed by atoms with Gasteiger partial charge in [0.05, 0.1) is 12.6 Å². The normalized spacial score (nSPS) is 23.2. The van der Waals surface area contributed by atoms with E-state index in [0.717, 1.165) is 25.8 Å². The van der Waals surface area contributed by atoms with Crippen LogP contribution in [-0.2, 0) is 4.79 Å². The van der Waals surface area contributed by atoms with Gasteiger partial charge in [0.15, 0.2) is 0 Å². The second kappa shape index (κ2) is 5.11. The third kappa shape index (κ3) is 3.67. The van der Waals surface area contributed by atoms with Crippen molar-refractivity contribution in [2.45, 2.75) is 31.7 Å². The van der Waals surface area contributed by atoms with E-state index in [0.29, 0.717) is 0 Å². The lowest BCUT2D eigenvalue weighted by atomic mass is 10.0. The minimum Gasteiger partial charge on any atom is -0.349 e. The quantitative estimate of drug-likeness (QED) is 0.684. The van der Waals surface area contributed by atoms with Crippen molar-refractivity contribution in [2.75, 3.05) is 13.1 Å². The van der Waals surface area contributed by atoms with Gasteiger partial charge in [0.2, 0.25) is 5.91 Å². The molecule has 1 fully saturated rings. The first kappa shape index (κ1) is 10.4. The van der Waals surface area contributed by atoms with Crippen molar-refractivity contribution in [3.05, 3.63) is 0 Å². The fourth-order valence-corrected chi connectivity index (χ4v) is 1.38. The highest BCUT2D eigenvalue weighted by Gasteiger charge is 2.20. The highest BCUT2D eigenvalue weighted by Crippen LogP contribution is 2.06. The van der Waals surface area contributed by atoms with Gasteiger partial charge in [-0.1, -0.05) is 6.42 Å². The molecule has 0 saturated carbocycles. The molecule has 1 saturated heterocycles. The van der Waals surface area contributed by atoms with Crippen LogP contribution >= 0.6 is 0 Å². The third-order valence-corrected chi connectivity index (χ3v) is 2.06. The average Bonchev–Trinajstić information content (AvgIpc) is 2.15. The number of hydrogen-bond donors (Lipinski definition) is 2. The number of halogens is 2. The summed E-state index contributed by atoms with van der Waals surface area (Å²) in [6, 6.07) is -0.271. The van der Waals surface area contributed by atoms with Crippen molar-refractivity contribution in [2.24, 2.45) is 0 Å². The summed E-state index contributed by atoms with van der Waals surface area (Å²) in [5.41, 5.74) is 0. The van der Waals surface area contributed by atoms with E-state index in [1.54, 1.807) is 0 Å². The highest BCUT2D eigenvalue weighted by atomic mass is 19.3. The molecular weight excluding hydrogens is 178 g/mol. The molecule has 0 aliphatic carbocycles. The first-order chi connectivity index (χ1) is 6.20. The number of piperidine rings is 1. The Kier molecular flexibility index (Phi) is 4.08. The maximum atomic E-state index is 11.7. The molecule has 0 bridgehead atoms. The first-order valence-electron chi connectivity index (χ1n) is 4.49. The van der Waals surface area contributed by atoms with Crippen molar-refractivity contribution >= 4 is 5.91 Å². The molecule has 1 aliphatic rings. The Morgan fingerprint density at radius 1 is 1.54 bits per heavy atom. The molecule has 1 atom stereocenters. The average molecular weight is 192 g/mol. The number of nitrogens with one attached hydrogen (secondary N) is 2. The predicted molar refractivity (Wildman–Crippen MR) is 44.7 cm³/mol. The zero-order valence-electron chi connectivity index (χ0n) is 7.35. The van der Waals surface area contributed by atoms with Crippen molar-refractivity contribution in [1.82, 2.24) is 10.6 Å². The van der Waals surface area contributed by atoms with Gasteiger partial charge in [0, 0.05) is 0 Å². The molecule has 3 nitrogen and oxygen atoms in total. The fourth-order valence-electron chi connectivity index (χ4n) is 1.38. The Hall–Kier alpha value is -0.710. The minimum atomic E-state index is -2.47. The Balaban J connectivity index is 2.21. The van der Waals surface area contributed by atoms with E-state index >= 15 is 0 Å². The number of carbonyl (C=O) groups excluding carboxylic acids is 1. The van der Waals surface area contributed by atoms with Gasteiger partial charge < -0.3 is 10.6 Å². The second-order valence-corrected chi connectivity index (χ2v) is 3.14. The van der Waals surface area contributed by atoms with Crippen LogP contribution in [0.15, 0.2) is 0 Å². The van der Waals surface area contributed by atoms with Crippen LogP contribution in [-0.4, -0.2) is 31.5 Å². The standard InChI is InChI=1S/C8H14F2N2O/c9-7(10)5-12-8(13)6-3-1-2-4-11-6/h6-7,11H,1-5H2,(H,12,13)/t6-/m0/s1. The number of rotatable bonds is 3. The Bertz CT molecular complexity index is 170. The van der Waals surface area contributed by atoms with Crippen LogP contribution in [0, 0.1) is 0 Å². The van der Waals surface area contributed by atoms with E-state index in [-0.39, 0.29) is 11.9 Å². The molecular formula is C8H14F2N2O. The molecule has 2 N–H and O–H groups in total. The van der Waals surface area contributed by atoms with Crippen LogP contribution in [0.1, 0.15) is 19.3 Å². The Morgan fingerprint density at radius 2 is 2.31 bits per heavy atom. The lowest BCUT2D eigenvalue weighted by Gasteiger charge is -2.22. The summed E-state index contributed by atoms with van der Waals surface area (Å²) < 4.78 is 23.5. The monoisotopic (exact) mass is 192 g/mol. The van der Waals surface area contributed by atoms with Gasteiger partial charge in [0.25, 0.3) is 6.43 Å². The molecule has 1 heterocycles. The zero-order valence-corrected chi connectivity index (χ0v) is 7.35. The molecule has 1 rings (SSSR count). The van der Waals surface area contributed by atoms with E-state index in [1.165, 1.54) is 0 Å². The molecule has 0 aromatic rings. The zero-order chi connectivity index (χ0) is 9.68. The molecule has 1 amide bonds. The number of hydrogen-bond acceptors (Lipinski definition) is 2. The number of alkyl halides is 2. The second-order valence-electron chi connectivity index (χ2n) is 3.14. The molecule has 0 spiro atoms. The summed E-state index contributed by atoms with van der Waals surface area (Å²) >= 11 is 0. The van der Waals surface area contributed by atoms with E-state index < -0.39 is 13.0 Å². The summed E-state index contributed by atoms with van der Waals surface area (Å²) in [7, 11) is 0. The summed E-state index contributed by atoms with van der Waals surface area (Å²) in [4.78, 5) is 11.2. The Morgan fingerprint density at radius 3 is 2.85 bits per heavy atom. The van der Waals surface area contributed by atoms with E-state index in [2.05, 4.69) is 10.6 Å². The van der Waals surface area contributed by atoms with Gasteiger partial charge in [-0.05, 0) is 19.4 Å². The van der Waals surface area contributed by atoms with Crippen LogP contribution in [0.4, 0.5) is 8.78 Å². The highest BCUT2D eigenvalue weighted by molar-refractivity contribution is 5.81.